The average molecular weight is 149 g/mol. The summed E-state index contributed by atoms with van der Waals surface area (Å²) in [5, 5.41) is 16.2. The summed E-state index contributed by atoms with van der Waals surface area (Å²) in [6.07, 6.45) is 10.0. The standard InChI is InChI=1S/C9H11NO/c10-9-6-4-2-1-3-5-8(9)7-11/h1-2,4-6,10-11H,3,7H2/b2-1-,6-4-,8-5-,10-9?. The van der Waals surface area contributed by atoms with Gasteiger partial charge in [-0.05, 0) is 18.1 Å². The van der Waals surface area contributed by atoms with Crippen molar-refractivity contribution in [3.8, 4) is 0 Å². The van der Waals surface area contributed by atoms with Gasteiger partial charge in [0.05, 0.1) is 12.3 Å². The minimum absolute atomic E-state index is 0.0446. The van der Waals surface area contributed by atoms with Crippen molar-refractivity contribution in [2.75, 3.05) is 6.61 Å². The molecule has 0 unspecified atom stereocenters. The summed E-state index contributed by atoms with van der Waals surface area (Å²) in [6.45, 7) is -0.0446. The summed E-state index contributed by atoms with van der Waals surface area (Å²) in [5.41, 5.74) is 1.10. The maximum Gasteiger partial charge on any atom is 0.0699 e. The molecule has 0 atom stereocenters. The van der Waals surface area contributed by atoms with Gasteiger partial charge in [0, 0.05) is 0 Å². The molecule has 0 aromatic heterocycles. The molecule has 0 amide bonds. The van der Waals surface area contributed by atoms with Gasteiger partial charge in [-0.3, -0.25) is 0 Å². The highest BCUT2D eigenvalue weighted by atomic mass is 16.3. The number of aliphatic hydroxyl groups is 1. The Kier molecular flexibility index (Phi) is 2.81. The van der Waals surface area contributed by atoms with Gasteiger partial charge in [-0.25, -0.2) is 0 Å². The molecule has 2 nitrogen and oxygen atoms in total. The lowest BCUT2D eigenvalue weighted by Gasteiger charge is -2.01. The Labute approximate surface area is 66.1 Å². The molecule has 11 heavy (non-hydrogen) atoms. The lowest BCUT2D eigenvalue weighted by atomic mass is 10.1. The van der Waals surface area contributed by atoms with E-state index in [0.717, 1.165) is 6.42 Å². The third-order valence-electron chi connectivity index (χ3n) is 1.53. The second kappa shape index (κ2) is 3.88. The van der Waals surface area contributed by atoms with Gasteiger partial charge in [0.25, 0.3) is 0 Å². The van der Waals surface area contributed by atoms with E-state index in [1.807, 2.05) is 24.3 Å². The zero-order chi connectivity index (χ0) is 8.10. The molecule has 1 aliphatic rings. The zero-order valence-corrected chi connectivity index (χ0v) is 6.25. The molecule has 2 N–H and O–H groups in total. The van der Waals surface area contributed by atoms with E-state index < -0.39 is 0 Å². The van der Waals surface area contributed by atoms with Gasteiger partial charge < -0.3 is 10.5 Å². The van der Waals surface area contributed by atoms with Crippen LogP contribution in [-0.2, 0) is 0 Å². The SMILES string of the molecule is N=C1/C=C\C=C/C/C=C\1CO. The maximum absolute atomic E-state index is 8.81. The van der Waals surface area contributed by atoms with Crippen molar-refractivity contribution in [1.82, 2.24) is 0 Å². The van der Waals surface area contributed by atoms with E-state index >= 15 is 0 Å². The highest BCUT2D eigenvalue weighted by molar-refractivity contribution is 6.06. The topological polar surface area (TPSA) is 44.1 Å². The van der Waals surface area contributed by atoms with Crippen LogP contribution in [0.5, 0.6) is 0 Å². The fourth-order valence-electron chi connectivity index (χ4n) is 0.886. The lowest BCUT2D eigenvalue weighted by molar-refractivity contribution is 0.337. The summed E-state index contributed by atoms with van der Waals surface area (Å²) < 4.78 is 0. The minimum Gasteiger partial charge on any atom is -0.392 e. The van der Waals surface area contributed by atoms with Crippen LogP contribution < -0.4 is 0 Å². The van der Waals surface area contributed by atoms with E-state index in [9.17, 15) is 0 Å². The number of hydrogen-bond acceptors (Lipinski definition) is 2. The van der Waals surface area contributed by atoms with E-state index in [-0.39, 0.29) is 6.61 Å². The molecule has 0 aromatic carbocycles. The highest BCUT2D eigenvalue weighted by Gasteiger charge is 1.99. The first-order chi connectivity index (χ1) is 5.34. The molecule has 0 saturated carbocycles. The predicted molar refractivity (Wildman–Crippen MR) is 45.8 cm³/mol. The Morgan fingerprint density at radius 2 is 2.27 bits per heavy atom. The van der Waals surface area contributed by atoms with Crippen LogP contribution in [0, 0.1) is 5.41 Å². The third kappa shape index (κ3) is 2.16. The molecule has 0 fully saturated rings. The van der Waals surface area contributed by atoms with Crippen LogP contribution >= 0.6 is 0 Å². The van der Waals surface area contributed by atoms with E-state index in [4.69, 9.17) is 10.5 Å². The summed E-state index contributed by atoms with van der Waals surface area (Å²) in [7, 11) is 0. The van der Waals surface area contributed by atoms with Crippen molar-refractivity contribution in [2.24, 2.45) is 0 Å². The van der Waals surface area contributed by atoms with Crippen molar-refractivity contribution in [2.45, 2.75) is 6.42 Å². The molecule has 1 rings (SSSR count). The van der Waals surface area contributed by atoms with Gasteiger partial charge >= 0.3 is 0 Å². The van der Waals surface area contributed by atoms with Crippen LogP contribution in [0.3, 0.4) is 0 Å². The van der Waals surface area contributed by atoms with Gasteiger partial charge in [0.2, 0.25) is 0 Å². The van der Waals surface area contributed by atoms with Gasteiger partial charge in [-0.15, -0.1) is 0 Å². The molecule has 0 radical (unpaired) electrons. The summed E-state index contributed by atoms with van der Waals surface area (Å²) in [4.78, 5) is 0. The van der Waals surface area contributed by atoms with Crippen LogP contribution in [0.15, 0.2) is 36.0 Å². The number of rotatable bonds is 1. The Hall–Kier alpha value is -1.15. The lowest BCUT2D eigenvalue weighted by Crippen LogP contribution is -2.02. The highest BCUT2D eigenvalue weighted by Crippen LogP contribution is 2.03. The Balaban J connectivity index is 2.83. The third-order valence-corrected chi connectivity index (χ3v) is 1.53. The van der Waals surface area contributed by atoms with Crippen LogP contribution in [0.2, 0.25) is 0 Å². The zero-order valence-electron chi connectivity index (χ0n) is 6.25. The molecule has 0 saturated heterocycles. The quantitative estimate of drug-likeness (QED) is 0.582. The minimum atomic E-state index is -0.0446. The molecule has 0 aliphatic heterocycles. The van der Waals surface area contributed by atoms with Crippen molar-refractivity contribution < 1.29 is 5.11 Å². The molecule has 0 bridgehead atoms. The van der Waals surface area contributed by atoms with Gasteiger partial charge in [0.1, 0.15) is 0 Å². The van der Waals surface area contributed by atoms with Crippen LogP contribution in [0.1, 0.15) is 6.42 Å². The number of nitrogens with one attached hydrogen (secondary N) is 1. The van der Waals surface area contributed by atoms with Gasteiger partial charge in [0.15, 0.2) is 0 Å². The van der Waals surface area contributed by atoms with Gasteiger partial charge in [-0.1, -0.05) is 24.3 Å². The first-order valence-electron chi connectivity index (χ1n) is 3.56. The van der Waals surface area contributed by atoms with E-state index in [2.05, 4.69) is 0 Å². The molecular formula is C9H11NO. The van der Waals surface area contributed by atoms with E-state index in [1.165, 1.54) is 0 Å². The largest absolute Gasteiger partial charge is 0.392 e. The molecule has 58 valence electrons. The fraction of sp³-hybridized carbons (Fsp3) is 0.222. The second-order valence-electron chi connectivity index (χ2n) is 2.32. The van der Waals surface area contributed by atoms with Crippen LogP contribution in [-0.4, -0.2) is 17.4 Å². The predicted octanol–water partition coefficient (Wildman–Crippen LogP) is 1.44. The molecule has 0 heterocycles. The summed E-state index contributed by atoms with van der Waals surface area (Å²) in [6, 6.07) is 0. The summed E-state index contributed by atoms with van der Waals surface area (Å²) >= 11 is 0. The Morgan fingerprint density at radius 1 is 1.45 bits per heavy atom. The normalized spacial score (nSPS) is 28.1. The van der Waals surface area contributed by atoms with Crippen LogP contribution in [0.25, 0.3) is 0 Å². The smallest absolute Gasteiger partial charge is 0.0699 e. The van der Waals surface area contributed by atoms with Crippen molar-refractivity contribution in [3.05, 3.63) is 36.0 Å². The van der Waals surface area contributed by atoms with Crippen molar-refractivity contribution in [1.29, 1.82) is 5.41 Å². The monoisotopic (exact) mass is 149 g/mol. The second-order valence-corrected chi connectivity index (χ2v) is 2.32. The van der Waals surface area contributed by atoms with Crippen molar-refractivity contribution in [3.63, 3.8) is 0 Å². The molecule has 0 spiro atoms. The van der Waals surface area contributed by atoms with E-state index in [1.54, 1.807) is 6.08 Å². The molecule has 0 aromatic rings. The molecular weight excluding hydrogens is 138 g/mol. The summed E-state index contributed by atoms with van der Waals surface area (Å²) in [5.74, 6) is 0. The van der Waals surface area contributed by atoms with E-state index in [0.29, 0.717) is 11.3 Å². The van der Waals surface area contributed by atoms with Gasteiger partial charge in [-0.2, -0.15) is 0 Å². The first kappa shape index (κ1) is 7.95. The number of hydrogen-bond donors (Lipinski definition) is 2. The molecule has 2 heteroatoms. The Morgan fingerprint density at radius 3 is 3.00 bits per heavy atom. The average Bonchev–Trinajstić information content (AvgIpc) is 1.98. The maximum atomic E-state index is 8.81. The number of allylic oxidation sites excluding steroid dienone is 5. The Bertz CT molecular complexity index is 236. The fourth-order valence-corrected chi connectivity index (χ4v) is 0.886. The molecule has 1 aliphatic carbocycles. The first-order valence-corrected chi connectivity index (χ1v) is 3.56. The number of aliphatic hydroxyl groups excluding tert-OH is 1. The van der Waals surface area contributed by atoms with Crippen LogP contribution in [0.4, 0.5) is 0 Å². The van der Waals surface area contributed by atoms with Crippen molar-refractivity contribution >= 4 is 5.71 Å².